The van der Waals surface area contributed by atoms with Crippen LogP contribution in [-0.2, 0) is 4.79 Å². The largest absolute Gasteiger partial charge is 0.341 e. The van der Waals surface area contributed by atoms with E-state index in [0.29, 0.717) is 11.9 Å². The van der Waals surface area contributed by atoms with Gasteiger partial charge in [-0.1, -0.05) is 6.92 Å². The first kappa shape index (κ1) is 14.1. The fourth-order valence-corrected chi connectivity index (χ4v) is 3.05. The summed E-state index contributed by atoms with van der Waals surface area (Å²) in [5, 5.41) is 3.38. The van der Waals surface area contributed by atoms with Crippen molar-refractivity contribution in [1.82, 2.24) is 15.1 Å². The molecule has 2 aliphatic heterocycles. The van der Waals surface area contributed by atoms with Gasteiger partial charge in [-0.25, -0.2) is 0 Å². The number of carbonyl (C=O) groups excluding carboxylic acids is 1. The van der Waals surface area contributed by atoms with Crippen molar-refractivity contribution in [2.24, 2.45) is 5.41 Å². The van der Waals surface area contributed by atoms with E-state index in [-0.39, 0.29) is 17.8 Å². The molecule has 1 aliphatic carbocycles. The number of hydrogen-bond acceptors (Lipinski definition) is 3. The summed E-state index contributed by atoms with van der Waals surface area (Å²) in [5.41, 5.74) is 0.0122. The van der Waals surface area contributed by atoms with Crippen molar-refractivity contribution < 1.29 is 4.79 Å². The minimum atomic E-state index is 0. The summed E-state index contributed by atoms with van der Waals surface area (Å²) in [6, 6.07) is 0.614. The summed E-state index contributed by atoms with van der Waals surface area (Å²) in [6.07, 6.45) is 3.36. The van der Waals surface area contributed by atoms with E-state index in [1.54, 1.807) is 0 Å². The van der Waals surface area contributed by atoms with Crippen LogP contribution in [0.1, 0.15) is 26.2 Å². The fraction of sp³-hybridized carbons (Fsp3) is 0.923. The molecule has 3 rings (SSSR count). The lowest BCUT2D eigenvalue weighted by atomic mass is 10.1. The summed E-state index contributed by atoms with van der Waals surface area (Å²) in [6.45, 7) is 8.54. The predicted octanol–water partition coefficient (Wildman–Crippen LogP) is 0.714. The molecule has 1 saturated carbocycles. The van der Waals surface area contributed by atoms with E-state index in [0.717, 1.165) is 52.1 Å². The highest BCUT2D eigenvalue weighted by Crippen LogP contribution is 2.47. The number of hydrogen-bond donors (Lipinski definition) is 1. The van der Waals surface area contributed by atoms with Crippen LogP contribution in [0.4, 0.5) is 0 Å². The number of nitrogens with zero attached hydrogens (tertiary/aromatic N) is 2. The average Bonchev–Trinajstić information content (AvgIpc) is 2.95. The van der Waals surface area contributed by atoms with Gasteiger partial charge in [0.05, 0.1) is 0 Å². The molecule has 3 aliphatic rings. The molecule has 1 atom stereocenters. The van der Waals surface area contributed by atoms with Gasteiger partial charge in [0, 0.05) is 50.7 Å². The lowest BCUT2D eigenvalue weighted by molar-refractivity contribution is -0.135. The first-order chi connectivity index (χ1) is 8.19. The molecule has 0 bridgehead atoms. The first-order valence-electron chi connectivity index (χ1n) is 6.93. The number of rotatable bonds is 2. The Kier molecular flexibility index (Phi) is 4.19. The second-order valence-electron chi connectivity index (χ2n) is 6.04. The minimum absolute atomic E-state index is 0. The van der Waals surface area contributed by atoms with Crippen LogP contribution in [-0.4, -0.2) is 61.0 Å². The van der Waals surface area contributed by atoms with Crippen molar-refractivity contribution in [2.75, 3.05) is 39.3 Å². The number of nitrogens with one attached hydrogen (secondary N) is 1. The number of halogens is 1. The van der Waals surface area contributed by atoms with Gasteiger partial charge >= 0.3 is 0 Å². The second kappa shape index (κ2) is 5.35. The molecule has 2 saturated heterocycles. The topological polar surface area (TPSA) is 35.6 Å². The Morgan fingerprint density at radius 1 is 1.22 bits per heavy atom. The number of likely N-dealkylation sites (tertiary alicyclic amines) is 1. The molecule has 4 nitrogen and oxygen atoms in total. The maximum Gasteiger partial charge on any atom is 0.228 e. The molecule has 1 unspecified atom stereocenters. The molecule has 3 fully saturated rings. The number of carbonyl (C=O) groups is 1. The van der Waals surface area contributed by atoms with Crippen molar-refractivity contribution in [1.29, 1.82) is 0 Å². The molecule has 0 aromatic carbocycles. The molecule has 5 heteroatoms. The van der Waals surface area contributed by atoms with Gasteiger partial charge in [0.15, 0.2) is 0 Å². The Morgan fingerprint density at radius 3 is 2.50 bits per heavy atom. The van der Waals surface area contributed by atoms with Gasteiger partial charge in [0.25, 0.3) is 0 Å². The van der Waals surface area contributed by atoms with Crippen molar-refractivity contribution in [3.63, 3.8) is 0 Å². The maximum absolute atomic E-state index is 12.3. The van der Waals surface area contributed by atoms with Crippen LogP contribution in [0.15, 0.2) is 0 Å². The Labute approximate surface area is 115 Å². The van der Waals surface area contributed by atoms with Gasteiger partial charge < -0.3 is 10.2 Å². The van der Waals surface area contributed by atoms with E-state index in [1.165, 1.54) is 6.42 Å². The lowest BCUT2D eigenvalue weighted by Crippen LogP contribution is -2.49. The summed E-state index contributed by atoms with van der Waals surface area (Å²) < 4.78 is 0. The second-order valence-corrected chi connectivity index (χ2v) is 6.04. The third kappa shape index (κ3) is 2.65. The van der Waals surface area contributed by atoms with Crippen LogP contribution in [0.3, 0.4) is 0 Å². The van der Waals surface area contributed by atoms with E-state index in [1.807, 2.05) is 0 Å². The SMILES string of the molecule is CC1(C(=O)N2CCC(N3CCNCC3)C2)CC1.Cl. The Hall–Kier alpha value is -0.320. The third-order valence-corrected chi connectivity index (χ3v) is 4.63. The number of piperazine rings is 1. The van der Waals surface area contributed by atoms with Gasteiger partial charge in [-0.05, 0) is 19.3 Å². The van der Waals surface area contributed by atoms with Crippen LogP contribution < -0.4 is 5.32 Å². The highest BCUT2D eigenvalue weighted by Gasteiger charge is 2.48. The monoisotopic (exact) mass is 273 g/mol. The Morgan fingerprint density at radius 2 is 1.89 bits per heavy atom. The van der Waals surface area contributed by atoms with Crippen LogP contribution in [0, 0.1) is 5.41 Å². The number of amides is 1. The van der Waals surface area contributed by atoms with Crippen LogP contribution in [0.25, 0.3) is 0 Å². The molecule has 1 amide bonds. The Bertz CT molecular complexity index is 313. The molecule has 0 aromatic heterocycles. The van der Waals surface area contributed by atoms with E-state index >= 15 is 0 Å². The summed E-state index contributed by atoms with van der Waals surface area (Å²) in [7, 11) is 0. The predicted molar refractivity (Wildman–Crippen MR) is 74.0 cm³/mol. The zero-order valence-electron chi connectivity index (χ0n) is 11.2. The van der Waals surface area contributed by atoms with E-state index < -0.39 is 0 Å². The summed E-state index contributed by atoms with van der Waals surface area (Å²) >= 11 is 0. The van der Waals surface area contributed by atoms with E-state index in [2.05, 4.69) is 22.0 Å². The molecule has 18 heavy (non-hydrogen) atoms. The van der Waals surface area contributed by atoms with Gasteiger partial charge in [0.1, 0.15) is 0 Å². The molecule has 0 spiro atoms. The van der Waals surface area contributed by atoms with Gasteiger partial charge in [-0.2, -0.15) is 0 Å². The van der Waals surface area contributed by atoms with Crippen molar-refractivity contribution in [3.8, 4) is 0 Å². The highest BCUT2D eigenvalue weighted by atomic mass is 35.5. The quantitative estimate of drug-likeness (QED) is 0.805. The van der Waals surface area contributed by atoms with Crippen molar-refractivity contribution in [3.05, 3.63) is 0 Å². The normalized spacial score (nSPS) is 30.9. The van der Waals surface area contributed by atoms with Crippen molar-refractivity contribution in [2.45, 2.75) is 32.2 Å². The molecule has 0 aromatic rings. The smallest absolute Gasteiger partial charge is 0.228 e. The molecule has 2 heterocycles. The first-order valence-corrected chi connectivity index (χ1v) is 6.93. The molecule has 1 N–H and O–H groups in total. The highest BCUT2D eigenvalue weighted by molar-refractivity contribution is 5.85. The standard InChI is InChI=1S/C13H23N3O.ClH/c1-13(3-4-13)12(17)16-7-2-11(10-16)15-8-5-14-6-9-15;/h11,14H,2-10H2,1H3;1H. The third-order valence-electron chi connectivity index (χ3n) is 4.63. The van der Waals surface area contributed by atoms with Crippen molar-refractivity contribution >= 4 is 18.3 Å². The zero-order valence-corrected chi connectivity index (χ0v) is 12.0. The summed E-state index contributed by atoms with van der Waals surface area (Å²) in [5.74, 6) is 0.412. The molecule has 104 valence electrons. The lowest BCUT2D eigenvalue weighted by Gasteiger charge is -2.32. The van der Waals surface area contributed by atoms with E-state index in [4.69, 9.17) is 0 Å². The maximum atomic E-state index is 12.3. The molecule has 0 radical (unpaired) electrons. The molecular formula is C13H24ClN3O. The van der Waals surface area contributed by atoms with Gasteiger partial charge in [0.2, 0.25) is 5.91 Å². The van der Waals surface area contributed by atoms with E-state index in [9.17, 15) is 4.79 Å². The Balaban J connectivity index is 0.00000120. The van der Waals surface area contributed by atoms with Gasteiger partial charge in [-0.15, -0.1) is 12.4 Å². The summed E-state index contributed by atoms with van der Waals surface area (Å²) in [4.78, 5) is 16.9. The zero-order chi connectivity index (χ0) is 11.9. The van der Waals surface area contributed by atoms with Crippen LogP contribution in [0.2, 0.25) is 0 Å². The minimum Gasteiger partial charge on any atom is -0.341 e. The van der Waals surface area contributed by atoms with Crippen LogP contribution in [0.5, 0.6) is 0 Å². The van der Waals surface area contributed by atoms with Gasteiger partial charge in [-0.3, -0.25) is 9.69 Å². The fourth-order valence-electron chi connectivity index (χ4n) is 3.05. The molecular weight excluding hydrogens is 250 g/mol. The average molecular weight is 274 g/mol. The van der Waals surface area contributed by atoms with Crippen LogP contribution >= 0.6 is 12.4 Å².